The maximum absolute atomic E-state index is 13.2. The molecular formula is C33H35NO7S. The van der Waals surface area contributed by atoms with Crippen LogP contribution in [0.1, 0.15) is 78.1 Å². The molecule has 8 nitrogen and oxygen atoms in total. The fraction of sp³-hybridized carbons (Fsp3) is 0.303. The Kier molecular flexibility index (Phi) is 11.8. The van der Waals surface area contributed by atoms with Gasteiger partial charge in [0.25, 0.3) is 0 Å². The molecule has 0 radical (unpaired) electrons. The molecule has 3 rings (SSSR count). The average molecular weight is 590 g/mol. The lowest BCUT2D eigenvalue weighted by Crippen LogP contribution is -2.40. The summed E-state index contributed by atoms with van der Waals surface area (Å²) in [7, 11) is 0. The van der Waals surface area contributed by atoms with E-state index in [0.29, 0.717) is 24.0 Å². The zero-order valence-electron chi connectivity index (χ0n) is 23.7. The van der Waals surface area contributed by atoms with Gasteiger partial charge in [0.05, 0.1) is 13.0 Å². The van der Waals surface area contributed by atoms with E-state index in [2.05, 4.69) is 24.9 Å². The van der Waals surface area contributed by atoms with Crippen LogP contribution in [0.25, 0.3) is 6.08 Å². The molecule has 0 aliphatic heterocycles. The fourth-order valence-electron chi connectivity index (χ4n) is 4.37. The van der Waals surface area contributed by atoms with Crippen molar-refractivity contribution in [3.8, 4) is 0 Å². The van der Waals surface area contributed by atoms with Gasteiger partial charge in [0.1, 0.15) is 11.3 Å². The third-order valence-corrected chi connectivity index (χ3v) is 7.79. The fourth-order valence-corrected chi connectivity index (χ4v) is 5.29. The van der Waals surface area contributed by atoms with Gasteiger partial charge in [0, 0.05) is 32.9 Å². The minimum absolute atomic E-state index is 0.0708. The van der Waals surface area contributed by atoms with E-state index in [-0.39, 0.29) is 36.5 Å². The Morgan fingerprint density at radius 2 is 1.69 bits per heavy atom. The maximum atomic E-state index is 13.2. The van der Waals surface area contributed by atoms with E-state index < -0.39 is 23.3 Å². The SMILES string of the molecule is C=CCC(=O)O/N=C(\CCOC(=O)C(=C)C)C(=O)c1ccc(Sc2ccc(C(=O)C3(O)CCCCC3)cc2C=C)cc1. The van der Waals surface area contributed by atoms with Gasteiger partial charge >= 0.3 is 11.9 Å². The van der Waals surface area contributed by atoms with Crippen LogP contribution >= 0.6 is 11.8 Å². The van der Waals surface area contributed by atoms with E-state index in [1.807, 2.05) is 6.07 Å². The van der Waals surface area contributed by atoms with Gasteiger partial charge < -0.3 is 14.7 Å². The number of oxime groups is 1. The number of benzene rings is 2. The van der Waals surface area contributed by atoms with Gasteiger partial charge in [-0.1, -0.05) is 67.6 Å². The van der Waals surface area contributed by atoms with Crippen LogP contribution in [0.2, 0.25) is 0 Å². The lowest BCUT2D eigenvalue weighted by molar-refractivity contribution is -0.143. The van der Waals surface area contributed by atoms with Crippen LogP contribution in [-0.4, -0.2) is 46.5 Å². The summed E-state index contributed by atoms with van der Waals surface area (Å²) in [6.07, 6.45) is 6.50. The molecular weight excluding hydrogens is 554 g/mol. The minimum atomic E-state index is -1.31. The van der Waals surface area contributed by atoms with Crippen molar-refractivity contribution >= 4 is 47.1 Å². The highest BCUT2D eigenvalue weighted by atomic mass is 32.2. The number of rotatable bonds is 14. The Bertz CT molecular complexity index is 1400. The first-order valence-corrected chi connectivity index (χ1v) is 14.5. The normalized spacial score (nSPS) is 14.4. The Labute approximate surface area is 250 Å². The third-order valence-electron chi connectivity index (χ3n) is 6.69. The average Bonchev–Trinajstić information content (AvgIpc) is 2.99. The van der Waals surface area contributed by atoms with E-state index in [4.69, 9.17) is 9.57 Å². The van der Waals surface area contributed by atoms with Crippen molar-refractivity contribution in [2.45, 2.75) is 67.3 Å². The van der Waals surface area contributed by atoms with Crippen LogP contribution in [0.4, 0.5) is 0 Å². The first-order valence-electron chi connectivity index (χ1n) is 13.6. The Balaban J connectivity index is 1.74. The number of carbonyl (C=O) groups is 4. The van der Waals surface area contributed by atoms with Gasteiger partial charge in [0.2, 0.25) is 5.78 Å². The molecule has 220 valence electrons. The van der Waals surface area contributed by atoms with Gasteiger partial charge in [-0.3, -0.25) is 9.59 Å². The van der Waals surface area contributed by atoms with Crippen molar-refractivity contribution in [1.29, 1.82) is 0 Å². The highest BCUT2D eigenvalue weighted by Gasteiger charge is 2.37. The van der Waals surface area contributed by atoms with Crippen LogP contribution in [0, 0.1) is 0 Å². The summed E-state index contributed by atoms with van der Waals surface area (Å²) in [6, 6.07) is 12.1. The molecule has 1 aliphatic carbocycles. The van der Waals surface area contributed by atoms with Crippen molar-refractivity contribution < 1.29 is 33.9 Å². The molecule has 0 aromatic heterocycles. The summed E-state index contributed by atoms with van der Waals surface area (Å²) >= 11 is 1.43. The summed E-state index contributed by atoms with van der Waals surface area (Å²) in [5.41, 5.74) is 0.324. The number of ketones is 2. The van der Waals surface area contributed by atoms with Gasteiger partial charge in [-0.05, 0) is 61.7 Å². The molecule has 0 spiro atoms. The smallest absolute Gasteiger partial charge is 0.338 e. The Morgan fingerprint density at radius 3 is 2.31 bits per heavy atom. The number of esters is 1. The highest BCUT2D eigenvalue weighted by Crippen LogP contribution is 2.35. The zero-order chi connectivity index (χ0) is 30.7. The topological polar surface area (TPSA) is 119 Å². The second kappa shape index (κ2) is 15.2. The van der Waals surface area contributed by atoms with Crippen molar-refractivity contribution in [3.63, 3.8) is 0 Å². The van der Waals surface area contributed by atoms with Crippen molar-refractivity contribution in [3.05, 3.63) is 90.5 Å². The van der Waals surface area contributed by atoms with E-state index in [9.17, 15) is 24.3 Å². The molecule has 0 heterocycles. The molecule has 0 saturated heterocycles. The van der Waals surface area contributed by atoms with E-state index >= 15 is 0 Å². The van der Waals surface area contributed by atoms with Crippen molar-refractivity contribution in [1.82, 2.24) is 0 Å². The van der Waals surface area contributed by atoms with Crippen LogP contribution < -0.4 is 0 Å². The van der Waals surface area contributed by atoms with Gasteiger partial charge in [-0.15, -0.1) is 6.58 Å². The molecule has 2 aromatic rings. The third kappa shape index (κ3) is 8.71. The molecule has 1 fully saturated rings. The monoisotopic (exact) mass is 589 g/mol. The van der Waals surface area contributed by atoms with Crippen LogP contribution in [0.15, 0.2) is 88.8 Å². The highest BCUT2D eigenvalue weighted by molar-refractivity contribution is 7.99. The second-order valence-corrected chi connectivity index (χ2v) is 11.1. The maximum Gasteiger partial charge on any atom is 0.338 e. The van der Waals surface area contributed by atoms with Gasteiger partial charge in [0.15, 0.2) is 5.78 Å². The Morgan fingerprint density at radius 1 is 1.02 bits per heavy atom. The molecule has 42 heavy (non-hydrogen) atoms. The van der Waals surface area contributed by atoms with E-state index in [1.54, 1.807) is 42.5 Å². The Hall–Kier alpha value is -4.08. The summed E-state index contributed by atoms with van der Waals surface area (Å²) in [5.74, 6) is -2.03. The number of nitrogens with zero attached hydrogens (tertiary/aromatic N) is 1. The number of hydrogen-bond acceptors (Lipinski definition) is 9. The molecule has 1 aliphatic rings. The number of ether oxygens (including phenoxy) is 1. The second-order valence-electron chi connectivity index (χ2n) is 9.99. The molecule has 0 atom stereocenters. The number of Topliss-reactive ketones (excluding diaryl/α,β-unsaturated/α-hetero) is 2. The lowest BCUT2D eigenvalue weighted by atomic mass is 9.79. The quantitative estimate of drug-likeness (QED) is 0.0503. The molecule has 9 heteroatoms. The van der Waals surface area contributed by atoms with Crippen molar-refractivity contribution in [2.24, 2.45) is 5.16 Å². The minimum Gasteiger partial charge on any atom is -0.462 e. The summed E-state index contributed by atoms with van der Waals surface area (Å²) in [5, 5.41) is 14.6. The molecule has 1 saturated carbocycles. The standard InChI is InChI=1S/C33H35NO7S/c1-5-10-29(35)41-34-27(17-20-40-32(38)22(3)4)30(36)24-11-14-26(15-12-24)42-28-16-13-25(21-23(28)6-2)31(37)33(39)18-8-7-9-19-33/h5-6,11-16,21,39H,1-3,7-10,17-20H2,4H3/b34-27+. The number of carbonyl (C=O) groups excluding carboxylic acids is 4. The summed E-state index contributed by atoms with van der Waals surface area (Å²) < 4.78 is 5.07. The molecule has 2 aromatic carbocycles. The largest absolute Gasteiger partial charge is 0.462 e. The van der Waals surface area contributed by atoms with Crippen LogP contribution in [0.5, 0.6) is 0 Å². The van der Waals surface area contributed by atoms with Crippen molar-refractivity contribution in [2.75, 3.05) is 6.61 Å². The van der Waals surface area contributed by atoms with E-state index in [0.717, 1.165) is 34.6 Å². The first-order chi connectivity index (χ1) is 20.1. The van der Waals surface area contributed by atoms with Crippen LogP contribution in [-0.2, 0) is 19.2 Å². The summed E-state index contributed by atoms with van der Waals surface area (Å²) in [6.45, 7) is 12.2. The first kappa shape index (κ1) is 32.4. The summed E-state index contributed by atoms with van der Waals surface area (Å²) in [4.78, 5) is 56.2. The predicted octanol–water partition coefficient (Wildman–Crippen LogP) is 6.53. The predicted molar refractivity (Wildman–Crippen MR) is 163 cm³/mol. The molecule has 0 unspecified atom stereocenters. The molecule has 1 N–H and O–H groups in total. The number of aliphatic hydroxyl groups is 1. The van der Waals surface area contributed by atoms with Gasteiger partial charge in [-0.2, -0.15) is 0 Å². The molecule has 0 amide bonds. The number of hydrogen-bond donors (Lipinski definition) is 1. The zero-order valence-corrected chi connectivity index (χ0v) is 24.5. The lowest BCUT2D eigenvalue weighted by Gasteiger charge is -2.30. The van der Waals surface area contributed by atoms with Gasteiger partial charge in [-0.25, -0.2) is 9.59 Å². The van der Waals surface area contributed by atoms with E-state index in [1.165, 1.54) is 24.8 Å². The molecule has 0 bridgehead atoms. The van der Waals surface area contributed by atoms with Crippen LogP contribution in [0.3, 0.4) is 0 Å².